The lowest BCUT2D eigenvalue weighted by molar-refractivity contribution is 0.0652. The Balaban J connectivity index is 2.03. The van der Waals surface area contributed by atoms with Crippen LogP contribution < -0.4 is 0 Å². The van der Waals surface area contributed by atoms with Crippen molar-refractivity contribution in [2.75, 3.05) is 18.4 Å². The van der Waals surface area contributed by atoms with Crippen LogP contribution in [0.15, 0.2) is 16.5 Å². The second-order valence-electron chi connectivity index (χ2n) is 4.53. The van der Waals surface area contributed by atoms with E-state index in [1.54, 1.807) is 6.07 Å². The standard InChI is InChI=1S/C13H18BrNO2/c1-2-11-5-6-12(17-11)13(16)15-7-3-4-10(8-14)9-15/h5-6,10H,2-4,7-9H2,1H3. The van der Waals surface area contributed by atoms with Gasteiger partial charge in [-0.2, -0.15) is 0 Å². The maximum atomic E-state index is 12.2. The molecule has 0 saturated carbocycles. The maximum Gasteiger partial charge on any atom is 0.289 e. The lowest BCUT2D eigenvalue weighted by Gasteiger charge is -2.31. The summed E-state index contributed by atoms with van der Waals surface area (Å²) in [6.45, 7) is 3.71. The molecule has 1 aromatic heterocycles. The van der Waals surface area contributed by atoms with Gasteiger partial charge in [0, 0.05) is 24.8 Å². The highest BCUT2D eigenvalue weighted by Crippen LogP contribution is 2.21. The van der Waals surface area contributed by atoms with Crippen LogP contribution in [-0.4, -0.2) is 29.2 Å². The fourth-order valence-electron chi connectivity index (χ4n) is 2.21. The topological polar surface area (TPSA) is 33.5 Å². The SMILES string of the molecule is CCc1ccc(C(=O)N2CCCC(CBr)C2)o1. The van der Waals surface area contributed by atoms with Gasteiger partial charge >= 0.3 is 0 Å². The van der Waals surface area contributed by atoms with Crippen molar-refractivity contribution in [2.45, 2.75) is 26.2 Å². The highest BCUT2D eigenvalue weighted by atomic mass is 79.9. The molecule has 1 aliphatic rings. The molecule has 94 valence electrons. The zero-order valence-electron chi connectivity index (χ0n) is 10.1. The monoisotopic (exact) mass is 299 g/mol. The van der Waals surface area contributed by atoms with Gasteiger partial charge in [0.05, 0.1) is 0 Å². The highest BCUT2D eigenvalue weighted by molar-refractivity contribution is 9.09. The van der Waals surface area contributed by atoms with Crippen LogP contribution in [0, 0.1) is 5.92 Å². The van der Waals surface area contributed by atoms with Crippen molar-refractivity contribution in [1.82, 2.24) is 4.90 Å². The zero-order valence-corrected chi connectivity index (χ0v) is 11.7. The molecule has 1 aliphatic heterocycles. The number of aryl methyl sites for hydroxylation is 1. The summed E-state index contributed by atoms with van der Waals surface area (Å²) >= 11 is 3.50. The molecule has 0 radical (unpaired) electrons. The molecule has 17 heavy (non-hydrogen) atoms. The molecule has 2 rings (SSSR count). The van der Waals surface area contributed by atoms with Crippen LogP contribution in [0.3, 0.4) is 0 Å². The van der Waals surface area contributed by atoms with E-state index < -0.39 is 0 Å². The van der Waals surface area contributed by atoms with Gasteiger partial charge in [-0.3, -0.25) is 4.79 Å². The van der Waals surface area contributed by atoms with E-state index >= 15 is 0 Å². The summed E-state index contributed by atoms with van der Waals surface area (Å²) in [6, 6.07) is 3.68. The highest BCUT2D eigenvalue weighted by Gasteiger charge is 2.25. The number of halogens is 1. The van der Waals surface area contributed by atoms with Gasteiger partial charge < -0.3 is 9.32 Å². The molecular formula is C13H18BrNO2. The van der Waals surface area contributed by atoms with Crippen molar-refractivity contribution < 1.29 is 9.21 Å². The third-order valence-electron chi connectivity index (χ3n) is 3.25. The summed E-state index contributed by atoms with van der Waals surface area (Å²) < 4.78 is 5.51. The molecule has 0 bridgehead atoms. The Morgan fingerprint density at radius 1 is 1.59 bits per heavy atom. The number of piperidine rings is 1. The van der Waals surface area contributed by atoms with Gasteiger partial charge in [0.1, 0.15) is 5.76 Å². The number of hydrogen-bond donors (Lipinski definition) is 0. The summed E-state index contributed by atoms with van der Waals surface area (Å²) in [6.07, 6.45) is 3.12. The first-order valence-corrected chi connectivity index (χ1v) is 7.30. The first-order valence-electron chi connectivity index (χ1n) is 6.18. The largest absolute Gasteiger partial charge is 0.456 e. The van der Waals surface area contributed by atoms with Crippen LogP contribution in [0.5, 0.6) is 0 Å². The summed E-state index contributed by atoms with van der Waals surface area (Å²) in [5, 5.41) is 0.967. The van der Waals surface area contributed by atoms with Crippen molar-refractivity contribution in [3.63, 3.8) is 0 Å². The molecule has 1 fully saturated rings. The van der Waals surface area contributed by atoms with Crippen molar-refractivity contribution in [2.24, 2.45) is 5.92 Å². The minimum atomic E-state index is 0.0374. The number of furan rings is 1. The Bertz CT molecular complexity index is 389. The van der Waals surface area contributed by atoms with E-state index in [1.165, 1.54) is 6.42 Å². The number of carbonyl (C=O) groups excluding carboxylic acids is 1. The van der Waals surface area contributed by atoms with Gasteiger partial charge in [0.15, 0.2) is 5.76 Å². The van der Waals surface area contributed by atoms with E-state index in [1.807, 2.05) is 17.9 Å². The number of nitrogens with zero attached hydrogens (tertiary/aromatic N) is 1. The van der Waals surface area contributed by atoms with E-state index in [2.05, 4.69) is 15.9 Å². The predicted octanol–water partition coefficient (Wildman–Crippen LogP) is 3.09. The second kappa shape index (κ2) is 5.71. The van der Waals surface area contributed by atoms with Crippen molar-refractivity contribution in [1.29, 1.82) is 0 Å². The molecule has 4 heteroatoms. The molecule has 1 aromatic rings. The van der Waals surface area contributed by atoms with E-state index in [4.69, 9.17) is 4.42 Å². The average Bonchev–Trinajstić information content (AvgIpc) is 2.86. The van der Waals surface area contributed by atoms with Gasteiger partial charge in [-0.25, -0.2) is 0 Å². The fourth-order valence-corrected chi connectivity index (χ4v) is 2.74. The molecule has 1 amide bonds. The van der Waals surface area contributed by atoms with Gasteiger partial charge in [0.2, 0.25) is 0 Å². The van der Waals surface area contributed by atoms with Crippen LogP contribution in [0.2, 0.25) is 0 Å². The average molecular weight is 300 g/mol. The third-order valence-corrected chi connectivity index (χ3v) is 4.16. The normalized spacial score (nSPS) is 20.6. The van der Waals surface area contributed by atoms with E-state index in [0.29, 0.717) is 11.7 Å². The number of alkyl halides is 1. The Labute approximate surface area is 110 Å². The number of rotatable bonds is 3. The molecule has 3 nitrogen and oxygen atoms in total. The number of hydrogen-bond acceptors (Lipinski definition) is 2. The minimum Gasteiger partial charge on any atom is -0.456 e. The van der Waals surface area contributed by atoms with E-state index in [-0.39, 0.29) is 5.91 Å². The lowest BCUT2D eigenvalue weighted by atomic mass is 10.00. The third kappa shape index (κ3) is 2.92. The molecule has 2 heterocycles. The van der Waals surface area contributed by atoms with E-state index in [0.717, 1.165) is 37.0 Å². The van der Waals surface area contributed by atoms with Crippen LogP contribution >= 0.6 is 15.9 Å². The number of amides is 1. The molecule has 0 spiro atoms. The molecular weight excluding hydrogens is 282 g/mol. The van der Waals surface area contributed by atoms with Crippen LogP contribution in [0.25, 0.3) is 0 Å². The smallest absolute Gasteiger partial charge is 0.289 e. The first kappa shape index (κ1) is 12.7. The summed E-state index contributed by atoms with van der Waals surface area (Å²) in [5.41, 5.74) is 0. The maximum absolute atomic E-state index is 12.2. The van der Waals surface area contributed by atoms with Crippen LogP contribution in [0.1, 0.15) is 36.1 Å². The Kier molecular flexibility index (Phi) is 4.26. The molecule has 1 unspecified atom stereocenters. The Hall–Kier alpha value is -0.770. The molecule has 1 saturated heterocycles. The number of likely N-dealkylation sites (tertiary alicyclic amines) is 1. The van der Waals surface area contributed by atoms with Crippen molar-refractivity contribution in [3.05, 3.63) is 23.7 Å². The molecule has 0 aromatic carbocycles. The summed E-state index contributed by atoms with van der Waals surface area (Å²) in [7, 11) is 0. The fraction of sp³-hybridized carbons (Fsp3) is 0.615. The lowest BCUT2D eigenvalue weighted by Crippen LogP contribution is -2.40. The first-order chi connectivity index (χ1) is 8.24. The second-order valence-corrected chi connectivity index (χ2v) is 5.18. The summed E-state index contributed by atoms with van der Waals surface area (Å²) in [5.74, 6) is 1.98. The van der Waals surface area contributed by atoms with Crippen LogP contribution in [0.4, 0.5) is 0 Å². The predicted molar refractivity (Wildman–Crippen MR) is 70.5 cm³/mol. The van der Waals surface area contributed by atoms with Crippen molar-refractivity contribution in [3.8, 4) is 0 Å². The Morgan fingerprint density at radius 3 is 3.06 bits per heavy atom. The minimum absolute atomic E-state index is 0.0374. The van der Waals surface area contributed by atoms with Gasteiger partial charge in [-0.05, 0) is 30.9 Å². The zero-order chi connectivity index (χ0) is 12.3. The number of carbonyl (C=O) groups is 1. The summed E-state index contributed by atoms with van der Waals surface area (Å²) in [4.78, 5) is 14.1. The molecule has 1 atom stereocenters. The quantitative estimate of drug-likeness (QED) is 0.804. The Morgan fingerprint density at radius 2 is 2.41 bits per heavy atom. The van der Waals surface area contributed by atoms with Gasteiger partial charge in [-0.1, -0.05) is 22.9 Å². The van der Waals surface area contributed by atoms with Crippen molar-refractivity contribution >= 4 is 21.8 Å². The van der Waals surface area contributed by atoms with E-state index in [9.17, 15) is 4.79 Å². The molecule has 0 N–H and O–H groups in total. The van der Waals surface area contributed by atoms with Gasteiger partial charge in [0.25, 0.3) is 5.91 Å². The van der Waals surface area contributed by atoms with Gasteiger partial charge in [-0.15, -0.1) is 0 Å². The van der Waals surface area contributed by atoms with Crippen LogP contribution in [-0.2, 0) is 6.42 Å². The molecule has 0 aliphatic carbocycles.